The van der Waals surface area contributed by atoms with Gasteiger partial charge in [-0.2, -0.15) is 0 Å². The van der Waals surface area contributed by atoms with Crippen LogP contribution in [0.3, 0.4) is 0 Å². The smallest absolute Gasteiger partial charge is 0.312 e. The molecule has 0 bridgehead atoms. The summed E-state index contributed by atoms with van der Waals surface area (Å²) in [5.41, 5.74) is -0.0246. The van der Waals surface area contributed by atoms with Gasteiger partial charge in [0, 0.05) is 35.4 Å². The van der Waals surface area contributed by atoms with E-state index in [9.17, 15) is 10.1 Å². The summed E-state index contributed by atoms with van der Waals surface area (Å²) in [5.74, 6) is 0.332. The molecule has 0 spiro atoms. The summed E-state index contributed by atoms with van der Waals surface area (Å²) in [4.78, 5) is 20.5. The second-order valence-electron chi connectivity index (χ2n) is 3.54. The molecule has 2 heterocycles. The molecule has 0 aliphatic heterocycles. The quantitative estimate of drug-likeness (QED) is 0.637. The lowest BCUT2D eigenvalue weighted by Crippen LogP contribution is -2.18. The average Bonchev–Trinajstić information content (AvgIpc) is 2.81. The highest BCUT2D eigenvalue weighted by Crippen LogP contribution is 2.28. The van der Waals surface area contributed by atoms with Gasteiger partial charge in [-0.05, 0) is 15.9 Å². The zero-order valence-electron chi connectivity index (χ0n) is 9.41. The van der Waals surface area contributed by atoms with Crippen LogP contribution in [0.5, 0.6) is 0 Å². The molecule has 2 rings (SSSR count). The minimum Gasteiger partial charge on any atom is -0.347 e. The number of anilines is 1. The van der Waals surface area contributed by atoms with Gasteiger partial charge >= 0.3 is 5.69 Å². The minimum absolute atomic E-state index is 0.0246. The van der Waals surface area contributed by atoms with Crippen LogP contribution in [-0.4, -0.2) is 21.9 Å². The van der Waals surface area contributed by atoms with Crippen molar-refractivity contribution in [2.45, 2.75) is 6.54 Å². The number of nitrogens with zero attached hydrogens (tertiary/aromatic N) is 4. The van der Waals surface area contributed by atoms with Crippen LogP contribution >= 0.6 is 27.3 Å². The summed E-state index contributed by atoms with van der Waals surface area (Å²) in [6.07, 6.45) is 3.25. The molecule has 0 aromatic carbocycles. The van der Waals surface area contributed by atoms with E-state index >= 15 is 0 Å². The molecule has 2 aromatic rings. The number of halogens is 1. The molecule has 0 saturated heterocycles. The molecule has 0 unspecified atom stereocenters. The van der Waals surface area contributed by atoms with Crippen LogP contribution in [0, 0.1) is 10.1 Å². The van der Waals surface area contributed by atoms with Crippen molar-refractivity contribution in [3.8, 4) is 0 Å². The Morgan fingerprint density at radius 2 is 2.33 bits per heavy atom. The predicted molar refractivity (Wildman–Crippen MR) is 72.8 cm³/mol. The van der Waals surface area contributed by atoms with E-state index in [1.807, 2.05) is 5.38 Å². The SMILES string of the molecule is CN(Cc1nccs1)c1ncc(Br)cc1[N+](=O)[O-]. The Morgan fingerprint density at radius 1 is 1.56 bits per heavy atom. The number of hydrogen-bond acceptors (Lipinski definition) is 6. The fraction of sp³-hybridized carbons (Fsp3) is 0.200. The number of pyridine rings is 1. The Hall–Kier alpha value is -1.54. The molecule has 8 heteroatoms. The molecular formula is C10H9BrN4O2S. The Kier molecular flexibility index (Phi) is 3.87. The first-order valence-corrected chi connectivity index (χ1v) is 6.64. The molecule has 18 heavy (non-hydrogen) atoms. The first-order chi connectivity index (χ1) is 8.58. The third-order valence-corrected chi connectivity index (χ3v) is 3.43. The van der Waals surface area contributed by atoms with E-state index < -0.39 is 4.92 Å². The average molecular weight is 329 g/mol. The maximum atomic E-state index is 11.0. The van der Waals surface area contributed by atoms with E-state index in [0.29, 0.717) is 16.8 Å². The van der Waals surface area contributed by atoms with Crippen LogP contribution in [-0.2, 0) is 6.54 Å². The van der Waals surface area contributed by atoms with Crippen LogP contribution in [0.4, 0.5) is 11.5 Å². The van der Waals surface area contributed by atoms with E-state index in [0.717, 1.165) is 5.01 Å². The van der Waals surface area contributed by atoms with Crippen LogP contribution < -0.4 is 4.90 Å². The van der Waals surface area contributed by atoms with E-state index in [4.69, 9.17) is 0 Å². The molecule has 0 aliphatic rings. The maximum absolute atomic E-state index is 11.0. The molecular weight excluding hydrogens is 320 g/mol. The van der Waals surface area contributed by atoms with Gasteiger partial charge in [-0.1, -0.05) is 0 Å². The van der Waals surface area contributed by atoms with E-state index in [1.54, 1.807) is 24.3 Å². The number of thiazole rings is 1. The van der Waals surface area contributed by atoms with Crippen molar-refractivity contribution >= 4 is 38.8 Å². The van der Waals surface area contributed by atoms with E-state index in [2.05, 4.69) is 25.9 Å². The molecule has 94 valence electrons. The Morgan fingerprint density at radius 3 is 2.94 bits per heavy atom. The lowest BCUT2D eigenvalue weighted by molar-refractivity contribution is -0.384. The van der Waals surface area contributed by atoms with Crippen molar-refractivity contribution in [3.05, 3.63) is 43.4 Å². The first-order valence-electron chi connectivity index (χ1n) is 4.97. The van der Waals surface area contributed by atoms with Crippen molar-refractivity contribution in [1.29, 1.82) is 0 Å². The Balaban J connectivity index is 2.29. The van der Waals surface area contributed by atoms with Crippen molar-refractivity contribution in [3.63, 3.8) is 0 Å². The topological polar surface area (TPSA) is 72.2 Å². The molecule has 2 aromatic heterocycles. The first kappa shape index (κ1) is 12.9. The second-order valence-corrected chi connectivity index (χ2v) is 5.43. The molecule has 0 atom stereocenters. The second kappa shape index (κ2) is 5.40. The van der Waals surface area contributed by atoms with Crippen molar-refractivity contribution in [1.82, 2.24) is 9.97 Å². The molecule has 0 radical (unpaired) electrons. The summed E-state index contributed by atoms with van der Waals surface area (Å²) in [7, 11) is 1.75. The molecule has 0 N–H and O–H groups in total. The standard InChI is InChI=1S/C10H9BrN4O2S/c1-14(6-9-12-2-3-18-9)10-8(15(16)17)4-7(11)5-13-10/h2-5H,6H2,1H3. The van der Waals surface area contributed by atoms with Crippen LogP contribution in [0.1, 0.15) is 5.01 Å². The summed E-state index contributed by atoms with van der Waals surface area (Å²) in [5, 5.41) is 13.7. The largest absolute Gasteiger partial charge is 0.347 e. The summed E-state index contributed by atoms with van der Waals surface area (Å²) >= 11 is 4.68. The van der Waals surface area contributed by atoms with Crippen molar-refractivity contribution < 1.29 is 4.92 Å². The fourth-order valence-corrected chi connectivity index (χ4v) is 2.45. The third kappa shape index (κ3) is 2.82. The number of hydrogen-bond donors (Lipinski definition) is 0. The van der Waals surface area contributed by atoms with Gasteiger partial charge in [0.05, 0.1) is 11.5 Å². The van der Waals surface area contributed by atoms with Crippen LogP contribution in [0.25, 0.3) is 0 Å². The molecule has 0 fully saturated rings. The van der Waals surface area contributed by atoms with Gasteiger partial charge in [-0.3, -0.25) is 10.1 Å². The van der Waals surface area contributed by atoms with Gasteiger partial charge in [-0.15, -0.1) is 11.3 Å². The zero-order valence-corrected chi connectivity index (χ0v) is 11.8. The number of rotatable bonds is 4. The lowest BCUT2D eigenvalue weighted by Gasteiger charge is -2.16. The van der Waals surface area contributed by atoms with E-state index in [-0.39, 0.29) is 5.69 Å². The zero-order chi connectivity index (χ0) is 13.1. The Labute approximate surface area is 116 Å². The third-order valence-electron chi connectivity index (χ3n) is 2.23. The van der Waals surface area contributed by atoms with Gasteiger partial charge in [-0.25, -0.2) is 9.97 Å². The fourth-order valence-electron chi connectivity index (χ4n) is 1.46. The molecule has 0 saturated carbocycles. The normalized spacial score (nSPS) is 10.3. The van der Waals surface area contributed by atoms with Gasteiger partial charge < -0.3 is 4.90 Å². The summed E-state index contributed by atoms with van der Waals surface area (Å²) in [6, 6.07) is 1.45. The van der Waals surface area contributed by atoms with Crippen LogP contribution in [0.15, 0.2) is 28.3 Å². The highest BCUT2D eigenvalue weighted by atomic mass is 79.9. The highest BCUT2D eigenvalue weighted by Gasteiger charge is 2.19. The van der Waals surface area contributed by atoms with Gasteiger partial charge in [0.15, 0.2) is 0 Å². The predicted octanol–water partition coefficient (Wildman–Crippen LogP) is 2.85. The number of aromatic nitrogens is 2. The number of nitro groups is 1. The lowest BCUT2D eigenvalue weighted by atomic mass is 10.3. The van der Waals surface area contributed by atoms with Gasteiger partial charge in [0.1, 0.15) is 5.01 Å². The van der Waals surface area contributed by atoms with Gasteiger partial charge in [0.25, 0.3) is 0 Å². The molecule has 6 nitrogen and oxygen atoms in total. The highest BCUT2D eigenvalue weighted by molar-refractivity contribution is 9.10. The van der Waals surface area contributed by atoms with Crippen molar-refractivity contribution in [2.24, 2.45) is 0 Å². The monoisotopic (exact) mass is 328 g/mol. The maximum Gasteiger partial charge on any atom is 0.312 e. The minimum atomic E-state index is -0.439. The van der Waals surface area contributed by atoms with Crippen LogP contribution in [0.2, 0.25) is 0 Å². The molecule has 0 aliphatic carbocycles. The Bertz CT molecular complexity index is 561. The summed E-state index contributed by atoms with van der Waals surface area (Å²) in [6.45, 7) is 0.493. The van der Waals surface area contributed by atoms with Crippen molar-refractivity contribution in [2.75, 3.05) is 11.9 Å². The molecule has 0 amide bonds. The summed E-state index contributed by atoms with van der Waals surface area (Å²) < 4.78 is 0.584. The van der Waals surface area contributed by atoms with E-state index in [1.165, 1.54) is 17.4 Å². The van der Waals surface area contributed by atoms with Gasteiger partial charge in [0.2, 0.25) is 5.82 Å².